The zero-order chi connectivity index (χ0) is 17.7. The first-order chi connectivity index (χ1) is 11.4. The van der Waals surface area contributed by atoms with Crippen LogP contribution in [0.2, 0.25) is 0 Å². The van der Waals surface area contributed by atoms with Gasteiger partial charge in [0.1, 0.15) is 6.61 Å². The Morgan fingerprint density at radius 2 is 2.00 bits per heavy atom. The molecule has 6 heteroatoms. The van der Waals surface area contributed by atoms with Gasteiger partial charge in [0.05, 0.1) is 12.1 Å². The molecule has 6 nitrogen and oxygen atoms in total. The highest BCUT2D eigenvalue weighted by Gasteiger charge is 2.34. The molecular weight excluding hydrogens is 306 g/mol. The maximum absolute atomic E-state index is 12.3. The van der Waals surface area contributed by atoms with Gasteiger partial charge in [0.15, 0.2) is 0 Å². The topological polar surface area (TPSA) is 75.9 Å². The molecule has 1 saturated heterocycles. The predicted octanol–water partition coefficient (Wildman–Crippen LogP) is 1.84. The Kier molecular flexibility index (Phi) is 6.20. The lowest BCUT2D eigenvalue weighted by Gasteiger charge is -2.26. The van der Waals surface area contributed by atoms with Crippen LogP contribution in [0.25, 0.3) is 0 Å². The molecule has 1 aliphatic heterocycles. The molecule has 1 aromatic rings. The van der Waals surface area contributed by atoms with Gasteiger partial charge in [-0.15, -0.1) is 0 Å². The van der Waals surface area contributed by atoms with Crippen LogP contribution in [-0.2, 0) is 16.1 Å². The number of likely N-dealkylation sites (N-methyl/N-ethyl adjacent to an activating group) is 1. The Bertz CT molecular complexity index is 562. The third kappa shape index (κ3) is 4.47. The highest BCUT2D eigenvalue weighted by atomic mass is 16.6. The number of amides is 2. The number of likely N-dealkylation sites (tertiary alicyclic amines) is 1. The SMILES string of the molecule is CC(C)C(N)C(=O)N1CCC(N(C)C(=O)OCc2ccccc2)C1. The van der Waals surface area contributed by atoms with Crippen LogP contribution in [-0.4, -0.2) is 54.0 Å². The molecule has 0 saturated carbocycles. The van der Waals surface area contributed by atoms with E-state index in [4.69, 9.17) is 10.5 Å². The monoisotopic (exact) mass is 333 g/mol. The van der Waals surface area contributed by atoms with Crippen LogP contribution in [0.4, 0.5) is 4.79 Å². The molecule has 0 aliphatic carbocycles. The molecule has 1 fully saturated rings. The molecule has 0 aromatic heterocycles. The second-order valence-electron chi connectivity index (χ2n) is 6.65. The predicted molar refractivity (Wildman–Crippen MR) is 92.2 cm³/mol. The van der Waals surface area contributed by atoms with E-state index in [-0.39, 0.29) is 30.6 Å². The molecular formula is C18H27N3O3. The summed E-state index contributed by atoms with van der Waals surface area (Å²) < 4.78 is 5.34. The van der Waals surface area contributed by atoms with Crippen molar-refractivity contribution >= 4 is 12.0 Å². The fourth-order valence-electron chi connectivity index (χ4n) is 2.72. The van der Waals surface area contributed by atoms with E-state index in [9.17, 15) is 9.59 Å². The van der Waals surface area contributed by atoms with E-state index in [0.29, 0.717) is 13.1 Å². The molecule has 0 radical (unpaired) electrons. The number of ether oxygens (including phenoxy) is 1. The summed E-state index contributed by atoms with van der Waals surface area (Å²) in [5.41, 5.74) is 6.89. The third-order valence-electron chi connectivity index (χ3n) is 4.52. The van der Waals surface area contributed by atoms with Gasteiger partial charge < -0.3 is 20.3 Å². The second kappa shape index (κ2) is 8.15. The van der Waals surface area contributed by atoms with E-state index in [1.54, 1.807) is 16.8 Å². The fourth-order valence-corrected chi connectivity index (χ4v) is 2.72. The smallest absolute Gasteiger partial charge is 0.410 e. The molecule has 2 unspecified atom stereocenters. The maximum atomic E-state index is 12.3. The molecule has 2 rings (SSSR count). The lowest BCUT2D eigenvalue weighted by Crippen LogP contribution is -2.47. The van der Waals surface area contributed by atoms with E-state index in [1.807, 2.05) is 44.2 Å². The molecule has 2 N–H and O–H groups in total. The summed E-state index contributed by atoms with van der Waals surface area (Å²) in [4.78, 5) is 27.8. The van der Waals surface area contributed by atoms with Crippen LogP contribution >= 0.6 is 0 Å². The Morgan fingerprint density at radius 1 is 1.33 bits per heavy atom. The van der Waals surface area contributed by atoms with Gasteiger partial charge in [0.25, 0.3) is 0 Å². The van der Waals surface area contributed by atoms with Gasteiger partial charge in [-0.3, -0.25) is 4.79 Å². The van der Waals surface area contributed by atoms with Crippen molar-refractivity contribution < 1.29 is 14.3 Å². The minimum atomic E-state index is -0.487. The average Bonchev–Trinajstić information content (AvgIpc) is 3.08. The van der Waals surface area contributed by atoms with Gasteiger partial charge in [-0.25, -0.2) is 4.79 Å². The van der Waals surface area contributed by atoms with E-state index in [0.717, 1.165) is 12.0 Å². The normalized spacial score (nSPS) is 18.5. The number of nitrogens with two attached hydrogens (primary N) is 1. The Balaban J connectivity index is 1.83. The van der Waals surface area contributed by atoms with Gasteiger partial charge in [0.2, 0.25) is 5.91 Å². The molecule has 0 bridgehead atoms. The van der Waals surface area contributed by atoms with Gasteiger partial charge in [-0.2, -0.15) is 0 Å². The van der Waals surface area contributed by atoms with Gasteiger partial charge in [-0.1, -0.05) is 44.2 Å². The standard InChI is InChI=1S/C18H27N3O3/c1-13(2)16(19)17(22)21-10-9-15(11-21)20(3)18(23)24-12-14-7-5-4-6-8-14/h4-8,13,15-16H,9-12,19H2,1-3H3. The molecule has 2 amide bonds. The number of nitrogens with zero attached hydrogens (tertiary/aromatic N) is 2. The summed E-state index contributed by atoms with van der Waals surface area (Å²) in [6.07, 6.45) is 0.374. The lowest BCUT2D eigenvalue weighted by molar-refractivity contribution is -0.132. The number of carbonyl (C=O) groups excluding carboxylic acids is 2. The second-order valence-corrected chi connectivity index (χ2v) is 6.65. The van der Waals surface area contributed by atoms with Crippen LogP contribution in [0.1, 0.15) is 25.8 Å². The zero-order valence-corrected chi connectivity index (χ0v) is 14.6. The summed E-state index contributed by atoms with van der Waals surface area (Å²) in [6, 6.07) is 9.04. The van der Waals surface area contributed by atoms with Crippen molar-refractivity contribution in [3.05, 3.63) is 35.9 Å². The number of hydrogen-bond acceptors (Lipinski definition) is 4. The molecule has 24 heavy (non-hydrogen) atoms. The van der Waals surface area contributed by atoms with Crippen LogP contribution in [0, 0.1) is 5.92 Å². The summed E-state index contributed by atoms with van der Waals surface area (Å²) in [5.74, 6) is 0.0590. The minimum Gasteiger partial charge on any atom is -0.445 e. The third-order valence-corrected chi connectivity index (χ3v) is 4.52. The number of benzene rings is 1. The highest BCUT2D eigenvalue weighted by molar-refractivity contribution is 5.82. The Labute approximate surface area is 143 Å². The summed E-state index contributed by atoms with van der Waals surface area (Å²) in [5, 5.41) is 0. The first-order valence-corrected chi connectivity index (χ1v) is 8.38. The largest absolute Gasteiger partial charge is 0.445 e. The van der Waals surface area contributed by atoms with Gasteiger partial charge >= 0.3 is 6.09 Å². The van der Waals surface area contributed by atoms with Crippen LogP contribution in [0.3, 0.4) is 0 Å². The first-order valence-electron chi connectivity index (χ1n) is 8.38. The maximum Gasteiger partial charge on any atom is 0.410 e. The average molecular weight is 333 g/mol. The Morgan fingerprint density at radius 3 is 2.62 bits per heavy atom. The van der Waals surface area contributed by atoms with E-state index in [1.165, 1.54) is 0 Å². The lowest BCUT2D eigenvalue weighted by atomic mass is 10.0. The first kappa shape index (κ1) is 18.3. The van der Waals surface area contributed by atoms with Crippen molar-refractivity contribution in [2.24, 2.45) is 11.7 Å². The minimum absolute atomic E-state index is 0.0309. The van der Waals surface area contributed by atoms with Crippen molar-refractivity contribution in [2.75, 3.05) is 20.1 Å². The molecule has 1 aliphatic rings. The number of rotatable bonds is 5. The molecule has 2 atom stereocenters. The zero-order valence-electron chi connectivity index (χ0n) is 14.6. The van der Waals surface area contributed by atoms with Crippen molar-refractivity contribution in [3.63, 3.8) is 0 Å². The van der Waals surface area contributed by atoms with Crippen LogP contribution < -0.4 is 5.73 Å². The van der Waals surface area contributed by atoms with Gasteiger partial charge in [0, 0.05) is 20.1 Å². The molecule has 0 spiro atoms. The summed E-state index contributed by atoms with van der Waals surface area (Å²) in [7, 11) is 1.72. The Hall–Kier alpha value is -2.08. The van der Waals surface area contributed by atoms with Crippen LogP contribution in [0.15, 0.2) is 30.3 Å². The molecule has 1 aromatic carbocycles. The van der Waals surface area contributed by atoms with Crippen molar-refractivity contribution in [3.8, 4) is 0 Å². The molecule has 132 valence electrons. The quantitative estimate of drug-likeness (QED) is 0.892. The van der Waals surface area contributed by atoms with Crippen molar-refractivity contribution in [1.82, 2.24) is 9.80 Å². The van der Waals surface area contributed by atoms with Crippen molar-refractivity contribution in [2.45, 2.75) is 39.0 Å². The van der Waals surface area contributed by atoms with E-state index in [2.05, 4.69) is 0 Å². The van der Waals surface area contributed by atoms with Crippen molar-refractivity contribution in [1.29, 1.82) is 0 Å². The fraction of sp³-hybridized carbons (Fsp3) is 0.556. The number of carbonyl (C=O) groups is 2. The number of hydrogen-bond donors (Lipinski definition) is 1. The summed E-state index contributed by atoms with van der Waals surface area (Å²) >= 11 is 0. The van der Waals surface area contributed by atoms with E-state index < -0.39 is 6.04 Å². The highest BCUT2D eigenvalue weighted by Crippen LogP contribution is 2.17. The van der Waals surface area contributed by atoms with Gasteiger partial charge in [-0.05, 0) is 17.9 Å². The van der Waals surface area contributed by atoms with Crippen LogP contribution in [0.5, 0.6) is 0 Å². The van der Waals surface area contributed by atoms with E-state index >= 15 is 0 Å². The summed E-state index contributed by atoms with van der Waals surface area (Å²) in [6.45, 7) is 5.25. The molecule has 1 heterocycles.